The van der Waals surface area contributed by atoms with E-state index in [0.717, 1.165) is 25.7 Å². The Hall–Kier alpha value is -1.08. The normalized spacial score (nSPS) is 23.0. The zero-order valence-electron chi connectivity index (χ0n) is 12.1. The van der Waals surface area contributed by atoms with Gasteiger partial charge in [-0.1, -0.05) is 26.7 Å². The first-order valence-electron chi connectivity index (χ1n) is 7.15. The van der Waals surface area contributed by atoms with Gasteiger partial charge in [0.25, 0.3) is 15.0 Å². The number of amides is 1. The van der Waals surface area contributed by atoms with Crippen molar-refractivity contribution in [3.05, 3.63) is 11.4 Å². The number of aromatic nitrogens is 2. The number of aryl methyl sites for hydroxylation is 1. The Balaban J connectivity index is 2.22. The number of nitrogens with zero attached hydrogens (tertiary/aromatic N) is 1. The minimum atomic E-state index is -4.01. The second-order valence-electron chi connectivity index (χ2n) is 5.61. The van der Waals surface area contributed by atoms with Crippen LogP contribution in [0.1, 0.15) is 55.7 Å². The van der Waals surface area contributed by atoms with E-state index in [9.17, 15) is 13.2 Å². The Labute approximate surface area is 129 Å². The second-order valence-corrected chi connectivity index (χ2v) is 8.12. The number of carbonyl (C=O) groups is 1. The maximum atomic E-state index is 12.3. The third-order valence-corrected chi connectivity index (χ3v) is 5.27. The van der Waals surface area contributed by atoms with Crippen molar-refractivity contribution in [2.75, 3.05) is 0 Å². The molecule has 6 nitrogen and oxygen atoms in total. The summed E-state index contributed by atoms with van der Waals surface area (Å²) in [5, 5.41) is 9.29. The third-order valence-electron chi connectivity index (χ3n) is 3.88. The molecular weight excluding hydrogens is 314 g/mol. The van der Waals surface area contributed by atoms with Crippen molar-refractivity contribution in [1.29, 1.82) is 0 Å². The van der Waals surface area contributed by atoms with E-state index in [2.05, 4.69) is 22.4 Å². The Morgan fingerprint density at radius 2 is 2.19 bits per heavy atom. The number of H-pyrrole nitrogens is 1. The van der Waals surface area contributed by atoms with E-state index in [1.165, 1.54) is 0 Å². The average Bonchev–Trinajstić information content (AvgIpc) is 2.82. The molecule has 1 fully saturated rings. The topological polar surface area (TPSA) is 91.9 Å². The van der Waals surface area contributed by atoms with Gasteiger partial charge in [0.15, 0.2) is 5.69 Å². The quantitative estimate of drug-likeness (QED) is 0.826. The van der Waals surface area contributed by atoms with Gasteiger partial charge in [0.2, 0.25) is 0 Å². The molecule has 0 saturated heterocycles. The molecule has 2 N–H and O–H groups in total. The van der Waals surface area contributed by atoms with E-state index in [1.807, 2.05) is 0 Å². The molecule has 0 radical (unpaired) electrons. The van der Waals surface area contributed by atoms with Crippen LogP contribution >= 0.6 is 10.7 Å². The van der Waals surface area contributed by atoms with Gasteiger partial charge in [-0.3, -0.25) is 9.89 Å². The van der Waals surface area contributed by atoms with Crippen molar-refractivity contribution in [3.8, 4) is 0 Å². The maximum absolute atomic E-state index is 12.3. The van der Waals surface area contributed by atoms with Crippen molar-refractivity contribution in [1.82, 2.24) is 15.5 Å². The van der Waals surface area contributed by atoms with E-state index in [0.29, 0.717) is 18.0 Å². The van der Waals surface area contributed by atoms with E-state index in [4.69, 9.17) is 10.7 Å². The van der Waals surface area contributed by atoms with Crippen LogP contribution in [-0.2, 0) is 15.5 Å². The molecule has 21 heavy (non-hydrogen) atoms. The molecule has 0 spiro atoms. The van der Waals surface area contributed by atoms with Crippen LogP contribution < -0.4 is 5.32 Å². The van der Waals surface area contributed by atoms with E-state index < -0.39 is 15.0 Å². The SMILES string of the molecule is CCc1[nH]nc(C(=O)NC2CCCC(C)C2)c1S(=O)(=O)Cl. The highest BCUT2D eigenvalue weighted by Gasteiger charge is 2.29. The molecular formula is C13H20ClN3O3S. The first-order valence-corrected chi connectivity index (χ1v) is 9.46. The molecule has 118 valence electrons. The van der Waals surface area contributed by atoms with Gasteiger partial charge >= 0.3 is 0 Å². The summed E-state index contributed by atoms with van der Waals surface area (Å²) in [5.41, 5.74) is 0.215. The summed E-state index contributed by atoms with van der Waals surface area (Å²) in [6.45, 7) is 3.92. The van der Waals surface area contributed by atoms with Crippen LogP contribution in [0.4, 0.5) is 0 Å². The van der Waals surface area contributed by atoms with Gasteiger partial charge in [-0.15, -0.1) is 0 Å². The highest BCUT2D eigenvalue weighted by molar-refractivity contribution is 8.13. The minimum absolute atomic E-state index is 0.0638. The predicted octanol–water partition coefficient (Wildman–Crippen LogP) is 2.21. The lowest BCUT2D eigenvalue weighted by Gasteiger charge is -2.27. The van der Waals surface area contributed by atoms with Crippen LogP contribution in [0.15, 0.2) is 4.90 Å². The van der Waals surface area contributed by atoms with Gasteiger partial charge in [-0.05, 0) is 25.2 Å². The monoisotopic (exact) mass is 333 g/mol. The van der Waals surface area contributed by atoms with Crippen molar-refractivity contribution >= 4 is 25.6 Å². The molecule has 1 aromatic heterocycles. The Morgan fingerprint density at radius 1 is 1.48 bits per heavy atom. The molecule has 0 aromatic carbocycles. The highest BCUT2D eigenvalue weighted by atomic mass is 35.7. The van der Waals surface area contributed by atoms with Crippen LogP contribution in [0, 0.1) is 5.92 Å². The van der Waals surface area contributed by atoms with E-state index in [1.54, 1.807) is 6.92 Å². The van der Waals surface area contributed by atoms with E-state index in [-0.39, 0.29) is 16.6 Å². The lowest BCUT2D eigenvalue weighted by Crippen LogP contribution is -2.38. The summed E-state index contributed by atoms with van der Waals surface area (Å²) in [6.07, 6.45) is 4.44. The largest absolute Gasteiger partial charge is 0.348 e. The molecule has 1 aromatic rings. The summed E-state index contributed by atoms with van der Waals surface area (Å²) >= 11 is 0. The first kappa shape index (κ1) is 16.3. The van der Waals surface area contributed by atoms with Gasteiger partial charge in [-0.25, -0.2) is 8.42 Å². The lowest BCUT2D eigenvalue weighted by atomic mass is 9.87. The lowest BCUT2D eigenvalue weighted by molar-refractivity contribution is 0.0913. The summed E-state index contributed by atoms with van der Waals surface area (Å²) < 4.78 is 23.3. The molecule has 8 heteroatoms. The number of aromatic amines is 1. The van der Waals surface area contributed by atoms with Crippen molar-refractivity contribution < 1.29 is 13.2 Å². The van der Waals surface area contributed by atoms with Gasteiger partial charge in [0, 0.05) is 16.7 Å². The number of nitrogens with one attached hydrogen (secondary N) is 2. The Morgan fingerprint density at radius 3 is 2.76 bits per heavy atom. The fourth-order valence-electron chi connectivity index (χ4n) is 2.84. The number of carbonyl (C=O) groups excluding carboxylic acids is 1. The molecule has 1 heterocycles. The highest BCUT2D eigenvalue weighted by Crippen LogP contribution is 2.26. The fraction of sp³-hybridized carbons (Fsp3) is 0.692. The molecule has 2 rings (SSSR count). The van der Waals surface area contributed by atoms with Gasteiger partial charge < -0.3 is 5.32 Å². The molecule has 2 unspecified atom stereocenters. The standard InChI is InChI=1S/C13H20ClN3O3S/c1-3-10-12(21(14,19)20)11(17-16-10)13(18)15-9-6-4-5-8(2)7-9/h8-9H,3-7H2,1-2H3,(H,15,18)(H,16,17). The van der Waals surface area contributed by atoms with Gasteiger partial charge in [0.1, 0.15) is 4.90 Å². The third kappa shape index (κ3) is 3.77. The molecule has 0 bridgehead atoms. The molecule has 1 aliphatic carbocycles. The maximum Gasteiger partial charge on any atom is 0.273 e. The molecule has 1 saturated carbocycles. The van der Waals surface area contributed by atoms with E-state index >= 15 is 0 Å². The van der Waals surface area contributed by atoms with Crippen LogP contribution in [0.3, 0.4) is 0 Å². The van der Waals surface area contributed by atoms with Crippen LogP contribution in [0.5, 0.6) is 0 Å². The van der Waals surface area contributed by atoms with Crippen LogP contribution in [-0.4, -0.2) is 30.6 Å². The fourth-order valence-corrected chi connectivity index (χ4v) is 4.20. The Bertz CT molecular complexity index is 627. The summed E-state index contributed by atoms with van der Waals surface area (Å²) in [5.74, 6) is 0.0786. The first-order chi connectivity index (χ1) is 9.82. The minimum Gasteiger partial charge on any atom is -0.348 e. The smallest absolute Gasteiger partial charge is 0.273 e. The van der Waals surface area contributed by atoms with Crippen molar-refractivity contribution in [3.63, 3.8) is 0 Å². The molecule has 2 atom stereocenters. The average molecular weight is 334 g/mol. The summed E-state index contributed by atoms with van der Waals surface area (Å²) in [6, 6.07) is 0.0638. The van der Waals surface area contributed by atoms with Crippen molar-refractivity contribution in [2.45, 2.75) is 56.9 Å². The predicted molar refractivity (Wildman–Crippen MR) is 79.9 cm³/mol. The van der Waals surface area contributed by atoms with Crippen LogP contribution in [0.25, 0.3) is 0 Å². The number of rotatable bonds is 4. The zero-order valence-corrected chi connectivity index (χ0v) is 13.7. The zero-order chi connectivity index (χ0) is 15.6. The molecule has 0 aliphatic heterocycles. The van der Waals surface area contributed by atoms with Crippen molar-refractivity contribution in [2.24, 2.45) is 5.92 Å². The van der Waals surface area contributed by atoms with Gasteiger partial charge in [0.05, 0.1) is 5.69 Å². The number of hydrogen-bond donors (Lipinski definition) is 2. The summed E-state index contributed by atoms with van der Waals surface area (Å²) in [4.78, 5) is 12.1. The Kier molecular flexibility index (Phi) is 4.93. The second kappa shape index (κ2) is 6.36. The molecule has 1 aliphatic rings. The summed E-state index contributed by atoms with van der Waals surface area (Å²) in [7, 11) is 1.42. The van der Waals surface area contributed by atoms with Crippen LogP contribution in [0.2, 0.25) is 0 Å². The number of hydrogen-bond acceptors (Lipinski definition) is 4. The molecule has 1 amide bonds. The van der Waals surface area contributed by atoms with Gasteiger partial charge in [-0.2, -0.15) is 5.10 Å². The number of halogens is 1.